The maximum absolute atomic E-state index is 10.6. The molecule has 0 heterocycles. The van der Waals surface area contributed by atoms with E-state index in [0.29, 0.717) is 0 Å². The smallest absolute Gasteiger partial charge is 0.318 e. The number of nitrogens with zero attached hydrogens (tertiary/aromatic N) is 1. The predicted molar refractivity (Wildman–Crippen MR) is 58.1 cm³/mol. The van der Waals surface area contributed by atoms with E-state index in [-0.39, 0.29) is 0 Å². The molecule has 3 nitrogen and oxygen atoms in total. The normalized spacial score (nSPS) is 16.5. The lowest BCUT2D eigenvalue weighted by Crippen LogP contribution is -1.99. The van der Waals surface area contributed by atoms with Gasteiger partial charge >= 0.3 is 5.97 Å². The highest BCUT2D eigenvalue weighted by atomic mass is 35.5. The van der Waals surface area contributed by atoms with E-state index in [9.17, 15) is 4.79 Å². The second kappa shape index (κ2) is 4.03. The maximum Gasteiger partial charge on any atom is 0.331 e. The second-order valence-corrected chi connectivity index (χ2v) is 3.86. The molecule has 0 bridgehead atoms. The number of carbonyl (C=O) groups excluding carboxylic acids is 1. The molecule has 15 heavy (non-hydrogen) atoms. The molecule has 1 aromatic carbocycles. The largest absolute Gasteiger partial charge is 0.331 e. The lowest BCUT2D eigenvalue weighted by molar-refractivity contribution is -0.140. The number of carbonyl (C=O) groups is 1. The highest BCUT2D eigenvalue weighted by Gasteiger charge is 2.18. The van der Waals surface area contributed by atoms with Crippen LogP contribution in [0.25, 0.3) is 0 Å². The van der Waals surface area contributed by atoms with Gasteiger partial charge < -0.3 is 4.84 Å². The number of hydrogen-bond donors (Lipinski definition) is 0. The van der Waals surface area contributed by atoms with Crippen molar-refractivity contribution in [2.75, 3.05) is 0 Å². The Balaban J connectivity index is 2.28. The van der Waals surface area contributed by atoms with Crippen molar-refractivity contribution in [1.29, 1.82) is 0 Å². The maximum atomic E-state index is 10.6. The van der Waals surface area contributed by atoms with Crippen LogP contribution in [0.4, 0.5) is 0 Å². The Kier molecular flexibility index (Phi) is 2.73. The molecule has 0 atom stereocenters. The van der Waals surface area contributed by atoms with Crippen molar-refractivity contribution in [3.8, 4) is 0 Å². The van der Waals surface area contributed by atoms with Gasteiger partial charge in [-0.1, -0.05) is 22.8 Å². The minimum atomic E-state index is -0.398. The molecule has 0 fully saturated rings. The fourth-order valence-electron chi connectivity index (χ4n) is 1.65. The summed E-state index contributed by atoms with van der Waals surface area (Å²) in [6.07, 6.45) is 1.69. The summed E-state index contributed by atoms with van der Waals surface area (Å²) in [5, 5.41) is 4.54. The summed E-state index contributed by atoms with van der Waals surface area (Å²) < 4.78 is 0. The Morgan fingerprint density at radius 2 is 2.27 bits per heavy atom. The summed E-state index contributed by atoms with van der Waals surface area (Å²) in [5.41, 5.74) is 3.01. The summed E-state index contributed by atoms with van der Waals surface area (Å²) in [6, 6.07) is 5.65. The van der Waals surface area contributed by atoms with Crippen molar-refractivity contribution < 1.29 is 9.63 Å². The van der Waals surface area contributed by atoms with Crippen molar-refractivity contribution in [3.63, 3.8) is 0 Å². The number of halogens is 1. The third-order valence-electron chi connectivity index (χ3n) is 2.29. The summed E-state index contributed by atoms with van der Waals surface area (Å²) in [5.74, 6) is -0.398. The van der Waals surface area contributed by atoms with Crippen LogP contribution in [0.5, 0.6) is 0 Å². The molecule has 0 aromatic heterocycles. The van der Waals surface area contributed by atoms with Crippen LogP contribution in [-0.4, -0.2) is 11.7 Å². The first-order chi connectivity index (χ1) is 7.16. The molecule has 1 aromatic rings. The van der Waals surface area contributed by atoms with E-state index in [1.54, 1.807) is 0 Å². The van der Waals surface area contributed by atoms with Gasteiger partial charge in [0.2, 0.25) is 0 Å². The second-order valence-electron chi connectivity index (χ2n) is 3.42. The quantitative estimate of drug-likeness (QED) is 0.542. The van der Waals surface area contributed by atoms with Crippen molar-refractivity contribution in [3.05, 3.63) is 34.3 Å². The summed E-state index contributed by atoms with van der Waals surface area (Å²) in [7, 11) is 0. The van der Waals surface area contributed by atoms with Gasteiger partial charge in [0.05, 0.1) is 5.71 Å². The van der Waals surface area contributed by atoms with Crippen LogP contribution in [0.2, 0.25) is 5.02 Å². The van der Waals surface area contributed by atoms with Gasteiger partial charge in [0.1, 0.15) is 0 Å². The highest BCUT2D eigenvalue weighted by molar-refractivity contribution is 6.30. The lowest BCUT2D eigenvalue weighted by atomic mass is 10.1. The number of aryl methyl sites for hydroxylation is 1. The van der Waals surface area contributed by atoms with Gasteiger partial charge in [-0.25, -0.2) is 4.79 Å². The zero-order valence-electron chi connectivity index (χ0n) is 8.29. The van der Waals surface area contributed by atoms with E-state index >= 15 is 0 Å². The van der Waals surface area contributed by atoms with E-state index in [1.165, 1.54) is 6.92 Å². The number of benzene rings is 1. The first kappa shape index (κ1) is 10.2. The van der Waals surface area contributed by atoms with Gasteiger partial charge in [0.15, 0.2) is 0 Å². The molecule has 0 radical (unpaired) electrons. The van der Waals surface area contributed by atoms with Crippen LogP contribution in [0.1, 0.15) is 24.5 Å². The molecule has 0 aliphatic heterocycles. The van der Waals surface area contributed by atoms with Crippen LogP contribution >= 0.6 is 11.6 Å². The Labute approximate surface area is 92.7 Å². The molecular weight excluding hydrogens is 214 g/mol. The Bertz CT molecular complexity index is 440. The Hall–Kier alpha value is -1.35. The highest BCUT2D eigenvalue weighted by Crippen LogP contribution is 2.25. The predicted octanol–water partition coefficient (Wildman–Crippen LogP) is 2.55. The van der Waals surface area contributed by atoms with Gasteiger partial charge in [0.25, 0.3) is 0 Å². The van der Waals surface area contributed by atoms with Gasteiger partial charge in [-0.3, -0.25) is 0 Å². The lowest BCUT2D eigenvalue weighted by Gasteiger charge is -1.99. The third kappa shape index (κ3) is 2.18. The average molecular weight is 224 g/mol. The summed E-state index contributed by atoms with van der Waals surface area (Å²) in [4.78, 5) is 15.2. The summed E-state index contributed by atoms with van der Waals surface area (Å²) in [6.45, 7) is 1.34. The van der Waals surface area contributed by atoms with Gasteiger partial charge in [0, 0.05) is 17.5 Å². The molecule has 1 aliphatic rings. The molecule has 4 heteroatoms. The molecule has 0 N–H and O–H groups in total. The van der Waals surface area contributed by atoms with Crippen LogP contribution in [-0.2, 0) is 16.1 Å². The van der Waals surface area contributed by atoms with Gasteiger partial charge in [-0.05, 0) is 30.5 Å². The number of oxime groups is 1. The zero-order valence-corrected chi connectivity index (χ0v) is 9.04. The monoisotopic (exact) mass is 223 g/mol. The van der Waals surface area contributed by atoms with E-state index in [0.717, 1.165) is 34.7 Å². The van der Waals surface area contributed by atoms with Crippen LogP contribution in [0.3, 0.4) is 0 Å². The summed E-state index contributed by atoms with van der Waals surface area (Å²) >= 11 is 5.87. The fourth-order valence-corrected chi connectivity index (χ4v) is 1.85. The molecule has 0 saturated carbocycles. The molecular formula is C11H10ClNO2. The molecule has 0 unspecified atom stereocenters. The van der Waals surface area contributed by atoms with Gasteiger partial charge in [-0.15, -0.1) is 0 Å². The SMILES string of the molecule is CC(=O)O/N=C1\CCc2cc(Cl)ccc21. The number of fused-ring (bicyclic) bond motifs is 1. The number of rotatable bonds is 1. The van der Waals surface area contributed by atoms with Crippen molar-refractivity contribution in [2.45, 2.75) is 19.8 Å². The molecule has 78 valence electrons. The first-order valence-electron chi connectivity index (χ1n) is 4.70. The Morgan fingerprint density at radius 1 is 1.47 bits per heavy atom. The van der Waals surface area contributed by atoms with E-state index in [4.69, 9.17) is 11.6 Å². The third-order valence-corrected chi connectivity index (χ3v) is 2.53. The molecule has 0 amide bonds. The fraction of sp³-hybridized carbons (Fsp3) is 0.273. The van der Waals surface area contributed by atoms with Gasteiger partial charge in [-0.2, -0.15) is 0 Å². The molecule has 0 saturated heterocycles. The van der Waals surface area contributed by atoms with Crippen LogP contribution in [0, 0.1) is 0 Å². The zero-order chi connectivity index (χ0) is 10.8. The van der Waals surface area contributed by atoms with Crippen molar-refractivity contribution in [2.24, 2.45) is 5.16 Å². The molecule has 2 rings (SSSR count). The molecule has 0 spiro atoms. The van der Waals surface area contributed by atoms with E-state index in [1.807, 2.05) is 18.2 Å². The van der Waals surface area contributed by atoms with Crippen molar-refractivity contribution in [1.82, 2.24) is 0 Å². The standard InChI is InChI=1S/C11H10ClNO2/c1-7(14)15-13-11-5-2-8-6-9(12)3-4-10(8)11/h3-4,6H,2,5H2,1H3/b13-11+. The minimum absolute atomic E-state index is 0.398. The minimum Gasteiger partial charge on any atom is -0.318 e. The van der Waals surface area contributed by atoms with Crippen LogP contribution < -0.4 is 0 Å². The molecule has 1 aliphatic carbocycles. The first-order valence-corrected chi connectivity index (χ1v) is 5.08. The van der Waals surface area contributed by atoms with E-state index in [2.05, 4.69) is 9.99 Å². The number of hydrogen-bond acceptors (Lipinski definition) is 3. The van der Waals surface area contributed by atoms with E-state index < -0.39 is 5.97 Å². The van der Waals surface area contributed by atoms with Crippen LogP contribution in [0.15, 0.2) is 23.4 Å². The topological polar surface area (TPSA) is 38.7 Å². The average Bonchev–Trinajstić information content (AvgIpc) is 2.57. The van der Waals surface area contributed by atoms with Crippen molar-refractivity contribution >= 4 is 23.3 Å². The Morgan fingerprint density at radius 3 is 3.00 bits per heavy atom.